The van der Waals surface area contributed by atoms with Crippen molar-refractivity contribution >= 4 is 34.4 Å². The van der Waals surface area contributed by atoms with Crippen LogP contribution in [-0.2, 0) is 25.7 Å². The van der Waals surface area contributed by atoms with Gasteiger partial charge in [0.1, 0.15) is 12.6 Å². The quantitative estimate of drug-likeness (QED) is 0.758. The summed E-state index contributed by atoms with van der Waals surface area (Å²) in [7, 11) is 0. The second-order valence-corrected chi connectivity index (χ2v) is 6.80. The maximum Gasteiger partial charge on any atom is 0.332 e. The minimum Gasteiger partial charge on any atom is -0.479 e. The lowest BCUT2D eigenvalue weighted by molar-refractivity contribution is -0.150. The average molecular weight is 387 g/mol. The number of benzene rings is 1. The first-order valence-corrected chi connectivity index (χ1v) is 9.48. The zero-order chi connectivity index (χ0) is 20.3. The van der Waals surface area contributed by atoms with Gasteiger partial charge in [0.15, 0.2) is 6.10 Å². The first-order valence-electron chi connectivity index (χ1n) is 9.48. The molecule has 8 nitrogen and oxygen atoms in total. The van der Waals surface area contributed by atoms with Gasteiger partial charge in [-0.05, 0) is 51.0 Å². The number of ether oxygens (including phenoxy) is 1. The van der Waals surface area contributed by atoms with Crippen molar-refractivity contribution in [2.24, 2.45) is 0 Å². The minimum atomic E-state index is -1.04. The average Bonchev–Trinajstić information content (AvgIpc) is 3.30. The summed E-state index contributed by atoms with van der Waals surface area (Å²) in [5.74, 6) is -1.33. The Bertz CT molecular complexity index is 887. The van der Waals surface area contributed by atoms with E-state index < -0.39 is 18.2 Å². The third-order valence-electron chi connectivity index (χ3n) is 5.05. The molecule has 2 atom stereocenters. The van der Waals surface area contributed by atoms with Crippen molar-refractivity contribution < 1.29 is 24.2 Å². The van der Waals surface area contributed by atoms with Crippen molar-refractivity contribution in [3.8, 4) is 0 Å². The van der Waals surface area contributed by atoms with Crippen LogP contribution in [0.5, 0.6) is 0 Å². The van der Waals surface area contributed by atoms with E-state index in [1.54, 1.807) is 11.0 Å². The number of rotatable bonds is 7. The molecule has 0 aliphatic carbocycles. The molecule has 2 aromatic rings. The standard InChI is InChI=1S/C20H25N3O5/c1-3-22(4-2)18(24)12-23-10-9-13-11-14(5-6-15(13)23)21-19(25)16-7-8-17(28-16)20(26)27/h5-6,9-11,16-17H,3-4,7-8,12H2,1-2H3,(H,21,25)(H,26,27)/t16-,17+/m0/s1. The first-order chi connectivity index (χ1) is 13.4. The third kappa shape index (κ3) is 4.17. The van der Waals surface area contributed by atoms with E-state index in [9.17, 15) is 14.4 Å². The fourth-order valence-corrected chi connectivity index (χ4v) is 3.47. The Kier molecular flexibility index (Phi) is 5.99. The molecule has 8 heteroatoms. The van der Waals surface area contributed by atoms with E-state index in [0.717, 1.165) is 10.9 Å². The van der Waals surface area contributed by atoms with Crippen LogP contribution in [0.1, 0.15) is 26.7 Å². The predicted molar refractivity (Wildman–Crippen MR) is 104 cm³/mol. The number of aliphatic carboxylic acids is 1. The lowest BCUT2D eigenvalue weighted by atomic mass is 10.2. The Morgan fingerprint density at radius 2 is 1.89 bits per heavy atom. The molecule has 0 radical (unpaired) electrons. The number of nitrogens with one attached hydrogen (secondary N) is 1. The second-order valence-electron chi connectivity index (χ2n) is 6.80. The maximum atomic E-state index is 12.3. The summed E-state index contributed by atoms with van der Waals surface area (Å²) < 4.78 is 7.17. The van der Waals surface area contributed by atoms with E-state index in [-0.39, 0.29) is 18.4 Å². The lowest BCUT2D eigenvalue weighted by Gasteiger charge is -2.19. The van der Waals surface area contributed by atoms with Crippen molar-refractivity contribution in [3.63, 3.8) is 0 Å². The number of carboxylic acid groups (broad SMARTS) is 1. The van der Waals surface area contributed by atoms with Crippen LogP contribution in [0.25, 0.3) is 10.9 Å². The van der Waals surface area contributed by atoms with Gasteiger partial charge < -0.3 is 24.6 Å². The molecule has 2 N–H and O–H groups in total. The smallest absolute Gasteiger partial charge is 0.332 e. The molecule has 2 amide bonds. The molecular weight excluding hydrogens is 362 g/mol. The number of carbonyl (C=O) groups is 3. The van der Waals surface area contributed by atoms with Gasteiger partial charge in [-0.3, -0.25) is 9.59 Å². The molecule has 0 bridgehead atoms. The SMILES string of the molecule is CCN(CC)C(=O)Cn1ccc2cc(NC(=O)[C@@H]3CC[C@H](C(=O)O)O3)ccc21. The van der Waals surface area contributed by atoms with Gasteiger partial charge in [-0.15, -0.1) is 0 Å². The minimum absolute atomic E-state index is 0.0613. The topological polar surface area (TPSA) is 101 Å². The molecule has 1 aromatic carbocycles. The number of nitrogens with zero attached hydrogens (tertiary/aromatic N) is 2. The summed E-state index contributed by atoms with van der Waals surface area (Å²) >= 11 is 0. The summed E-state index contributed by atoms with van der Waals surface area (Å²) in [5.41, 5.74) is 1.51. The van der Waals surface area contributed by atoms with Crippen LogP contribution in [0.3, 0.4) is 0 Å². The van der Waals surface area contributed by atoms with Crippen molar-refractivity contribution in [1.82, 2.24) is 9.47 Å². The molecule has 0 saturated carbocycles. The van der Waals surface area contributed by atoms with Crippen LogP contribution >= 0.6 is 0 Å². The molecule has 0 spiro atoms. The van der Waals surface area contributed by atoms with Crippen molar-refractivity contribution in [3.05, 3.63) is 30.5 Å². The molecule has 1 aliphatic heterocycles. The molecular formula is C20H25N3O5. The molecule has 3 rings (SSSR count). The van der Waals surface area contributed by atoms with Crippen LogP contribution in [0.15, 0.2) is 30.5 Å². The molecule has 2 heterocycles. The van der Waals surface area contributed by atoms with E-state index in [4.69, 9.17) is 9.84 Å². The number of hydrogen-bond acceptors (Lipinski definition) is 4. The van der Waals surface area contributed by atoms with Gasteiger partial charge in [-0.2, -0.15) is 0 Å². The fourth-order valence-electron chi connectivity index (χ4n) is 3.47. The van der Waals surface area contributed by atoms with Gasteiger partial charge in [0.2, 0.25) is 5.91 Å². The Hall–Kier alpha value is -2.87. The first kappa shape index (κ1) is 19.9. The van der Waals surface area contributed by atoms with E-state index in [1.807, 2.05) is 42.8 Å². The lowest BCUT2D eigenvalue weighted by Crippen LogP contribution is -2.33. The highest BCUT2D eigenvalue weighted by Crippen LogP contribution is 2.24. The number of aromatic nitrogens is 1. The molecule has 1 aromatic heterocycles. The van der Waals surface area contributed by atoms with Crippen LogP contribution in [0.2, 0.25) is 0 Å². The highest BCUT2D eigenvalue weighted by molar-refractivity contribution is 5.97. The molecule has 0 unspecified atom stereocenters. The molecule has 28 heavy (non-hydrogen) atoms. The van der Waals surface area contributed by atoms with Crippen molar-refractivity contribution in [2.45, 2.75) is 45.4 Å². The van der Waals surface area contributed by atoms with Gasteiger partial charge in [0.05, 0.1) is 0 Å². The number of likely N-dealkylation sites (N-methyl/N-ethyl adjacent to an activating group) is 1. The Morgan fingerprint density at radius 3 is 2.54 bits per heavy atom. The zero-order valence-electron chi connectivity index (χ0n) is 16.1. The van der Waals surface area contributed by atoms with E-state index in [0.29, 0.717) is 31.6 Å². The number of anilines is 1. The van der Waals surface area contributed by atoms with Gasteiger partial charge in [0.25, 0.3) is 5.91 Å². The van der Waals surface area contributed by atoms with Gasteiger partial charge in [-0.25, -0.2) is 4.79 Å². The van der Waals surface area contributed by atoms with E-state index >= 15 is 0 Å². The molecule has 1 fully saturated rings. The predicted octanol–water partition coefficient (Wildman–Crippen LogP) is 2.08. The fraction of sp³-hybridized carbons (Fsp3) is 0.450. The van der Waals surface area contributed by atoms with Crippen molar-refractivity contribution in [2.75, 3.05) is 18.4 Å². The third-order valence-corrected chi connectivity index (χ3v) is 5.05. The van der Waals surface area contributed by atoms with Crippen LogP contribution < -0.4 is 5.32 Å². The summed E-state index contributed by atoms with van der Waals surface area (Å²) in [6.45, 7) is 5.53. The second kappa shape index (κ2) is 8.43. The summed E-state index contributed by atoms with van der Waals surface area (Å²) in [6.07, 6.45) is 0.892. The largest absolute Gasteiger partial charge is 0.479 e. The molecule has 1 aliphatic rings. The monoisotopic (exact) mass is 387 g/mol. The zero-order valence-corrected chi connectivity index (χ0v) is 16.1. The summed E-state index contributed by atoms with van der Waals surface area (Å²) in [5, 5.41) is 12.6. The summed E-state index contributed by atoms with van der Waals surface area (Å²) in [6, 6.07) is 7.35. The van der Waals surface area contributed by atoms with Gasteiger partial charge >= 0.3 is 5.97 Å². The number of carboxylic acids is 1. The Balaban J connectivity index is 1.68. The van der Waals surface area contributed by atoms with Crippen molar-refractivity contribution in [1.29, 1.82) is 0 Å². The van der Waals surface area contributed by atoms with Gasteiger partial charge in [0, 0.05) is 35.9 Å². The van der Waals surface area contributed by atoms with Crippen LogP contribution in [-0.4, -0.2) is 57.7 Å². The number of amides is 2. The highest BCUT2D eigenvalue weighted by Gasteiger charge is 2.34. The Morgan fingerprint density at radius 1 is 1.18 bits per heavy atom. The van der Waals surface area contributed by atoms with Crippen LogP contribution in [0, 0.1) is 0 Å². The highest BCUT2D eigenvalue weighted by atomic mass is 16.5. The normalized spacial score (nSPS) is 18.9. The summed E-state index contributed by atoms with van der Waals surface area (Å²) in [4.78, 5) is 37.4. The molecule has 150 valence electrons. The number of fused-ring (bicyclic) bond motifs is 1. The van der Waals surface area contributed by atoms with E-state index in [1.165, 1.54) is 0 Å². The maximum absolute atomic E-state index is 12.3. The molecule has 1 saturated heterocycles. The van der Waals surface area contributed by atoms with E-state index in [2.05, 4.69) is 5.32 Å². The number of hydrogen-bond donors (Lipinski definition) is 2. The number of carbonyl (C=O) groups excluding carboxylic acids is 2. The van der Waals surface area contributed by atoms with Crippen LogP contribution in [0.4, 0.5) is 5.69 Å². The Labute approximate surface area is 163 Å². The van der Waals surface area contributed by atoms with Gasteiger partial charge in [-0.1, -0.05) is 0 Å².